The minimum atomic E-state index is -0.0922. The van der Waals surface area contributed by atoms with Crippen molar-refractivity contribution < 1.29 is 4.79 Å². The molecule has 2 heterocycles. The summed E-state index contributed by atoms with van der Waals surface area (Å²) in [4.78, 5) is 30.7. The van der Waals surface area contributed by atoms with Crippen LogP contribution in [0.15, 0.2) is 47.5 Å². The minimum Gasteiger partial charge on any atom is -0.342 e. The van der Waals surface area contributed by atoms with Crippen molar-refractivity contribution in [2.45, 2.75) is 25.8 Å². The molecule has 1 fully saturated rings. The Hall–Kier alpha value is -2.43. The van der Waals surface area contributed by atoms with Gasteiger partial charge in [0.15, 0.2) is 0 Å². The van der Waals surface area contributed by atoms with E-state index in [4.69, 9.17) is 0 Å². The van der Waals surface area contributed by atoms with Crippen LogP contribution in [0, 0.1) is 0 Å². The van der Waals surface area contributed by atoms with E-state index in [1.807, 2.05) is 23.1 Å². The maximum Gasteiger partial charge on any atom is 0.261 e. The lowest BCUT2D eigenvalue weighted by Gasteiger charge is -2.28. The molecule has 1 aromatic carbocycles. The maximum atomic E-state index is 12.3. The van der Waals surface area contributed by atoms with E-state index in [0.29, 0.717) is 23.9 Å². The molecule has 2 aromatic rings. The third-order valence-corrected chi connectivity index (χ3v) is 4.12. The fourth-order valence-corrected chi connectivity index (χ4v) is 2.71. The van der Waals surface area contributed by atoms with E-state index in [1.165, 1.54) is 16.5 Å². The molecule has 5 nitrogen and oxygen atoms in total. The summed E-state index contributed by atoms with van der Waals surface area (Å²) in [5.74, 6) is 0.0903. The van der Waals surface area contributed by atoms with Gasteiger partial charge < -0.3 is 4.90 Å². The van der Waals surface area contributed by atoms with E-state index in [-0.39, 0.29) is 11.5 Å². The van der Waals surface area contributed by atoms with Gasteiger partial charge in [-0.1, -0.05) is 24.3 Å². The molecule has 0 atom stereocenters. The zero-order chi connectivity index (χ0) is 15.5. The zero-order valence-electron chi connectivity index (χ0n) is 12.5. The Morgan fingerprint density at radius 1 is 1.23 bits per heavy atom. The van der Waals surface area contributed by atoms with Crippen LogP contribution in [0.5, 0.6) is 0 Å². The fourth-order valence-electron chi connectivity index (χ4n) is 2.71. The van der Waals surface area contributed by atoms with Crippen molar-refractivity contribution in [1.82, 2.24) is 14.5 Å². The van der Waals surface area contributed by atoms with Crippen LogP contribution in [-0.4, -0.2) is 33.4 Å². The monoisotopic (exact) mass is 297 g/mol. The van der Waals surface area contributed by atoms with Crippen LogP contribution in [-0.2, 0) is 11.3 Å². The molecular formula is C17H19N3O2. The number of nitrogens with zero attached hydrogens (tertiary/aromatic N) is 3. The summed E-state index contributed by atoms with van der Waals surface area (Å²) in [5.41, 5.74) is 1.80. The van der Waals surface area contributed by atoms with Gasteiger partial charge in [-0.3, -0.25) is 14.2 Å². The Kier molecular flexibility index (Phi) is 4.04. The van der Waals surface area contributed by atoms with E-state index in [2.05, 4.69) is 11.6 Å². The lowest BCUT2D eigenvalue weighted by Crippen LogP contribution is -2.37. The average Bonchev–Trinajstić information content (AvgIpc) is 2.55. The van der Waals surface area contributed by atoms with Gasteiger partial charge in [0.2, 0.25) is 5.91 Å². The number of rotatable bonds is 3. The van der Waals surface area contributed by atoms with Gasteiger partial charge in [0.05, 0.1) is 17.2 Å². The van der Waals surface area contributed by atoms with Crippen molar-refractivity contribution in [3.8, 4) is 0 Å². The first kappa shape index (κ1) is 14.5. The molecule has 114 valence electrons. The SMILES string of the molecule is C=C1CCN(C(=O)CCn2cnc3ccccc3c2=O)CC1. The Balaban J connectivity index is 1.69. The molecule has 1 aliphatic heterocycles. The quantitative estimate of drug-likeness (QED) is 0.814. The smallest absolute Gasteiger partial charge is 0.261 e. The van der Waals surface area contributed by atoms with Gasteiger partial charge in [0, 0.05) is 26.1 Å². The predicted octanol–water partition coefficient (Wildman–Crippen LogP) is 1.97. The fraction of sp³-hybridized carbons (Fsp3) is 0.353. The van der Waals surface area contributed by atoms with Gasteiger partial charge in [-0.05, 0) is 25.0 Å². The Morgan fingerprint density at radius 3 is 2.73 bits per heavy atom. The highest BCUT2D eigenvalue weighted by Gasteiger charge is 2.18. The number of hydrogen-bond acceptors (Lipinski definition) is 3. The number of carbonyl (C=O) groups is 1. The molecule has 0 aliphatic carbocycles. The number of likely N-dealkylation sites (tertiary alicyclic amines) is 1. The molecule has 0 N–H and O–H groups in total. The van der Waals surface area contributed by atoms with Crippen molar-refractivity contribution in [2.75, 3.05) is 13.1 Å². The van der Waals surface area contributed by atoms with Gasteiger partial charge in [0.25, 0.3) is 5.56 Å². The molecule has 0 spiro atoms. The second-order valence-electron chi connectivity index (χ2n) is 5.64. The summed E-state index contributed by atoms with van der Waals surface area (Å²) in [6.45, 7) is 5.80. The number of aryl methyl sites for hydroxylation is 1. The van der Waals surface area contributed by atoms with Crippen molar-refractivity contribution in [2.24, 2.45) is 0 Å². The summed E-state index contributed by atoms with van der Waals surface area (Å²) in [6, 6.07) is 7.25. The number of fused-ring (bicyclic) bond motifs is 1. The molecule has 1 aliphatic rings. The topological polar surface area (TPSA) is 55.2 Å². The number of carbonyl (C=O) groups excluding carboxylic acids is 1. The second-order valence-corrected chi connectivity index (χ2v) is 5.64. The van der Waals surface area contributed by atoms with Gasteiger partial charge in [-0.2, -0.15) is 0 Å². The number of piperidine rings is 1. The minimum absolute atomic E-state index is 0.0903. The summed E-state index contributed by atoms with van der Waals surface area (Å²) in [7, 11) is 0. The average molecular weight is 297 g/mol. The third-order valence-electron chi connectivity index (χ3n) is 4.12. The molecule has 0 radical (unpaired) electrons. The van der Waals surface area contributed by atoms with Crippen LogP contribution < -0.4 is 5.56 Å². The van der Waals surface area contributed by atoms with Crippen molar-refractivity contribution in [3.05, 3.63) is 53.1 Å². The lowest BCUT2D eigenvalue weighted by atomic mass is 10.1. The zero-order valence-corrected chi connectivity index (χ0v) is 12.5. The maximum absolute atomic E-state index is 12.3. The van der Waals surface area contributed by atoms with E-state index in [0.717, 1.165) is 25.9 Å². The highest BCUT2D eigenvalue weighted by atomic mass is 16.2. The summed E-state index contributed by atoms with van der Waals surface area (Å²) in [5, 5.41) is 0.590. The van der Waals surface area contributed by atoms with Gasteiger partial charge in [0.1, 0.15) is 0 Å². The van der Waals surface area contributed by atoms with E-state index in [9.17, 15) is 9.59 Å². The van der Waals surface area contributed by atoms with Gasteiger partial charge in [-0.25, -0.2) is 4.98 Å². The molecule has 1 amide bonds. The molecule has 0 bridgehead atoms. The summed E-state index contributed by atoms with van der Waals surface area (Å²) in [6.07, 6.45) is 3.61. The van der Waals surface area contributed by atoms with Crippen molar-refractivity contribution in [1.29, 1.82) is 0 Å². The van der Waals surface area contributed by atoms with Gasteiger partial charge in [-0.15, -0.1) is 0 Å². The number of benzene rings is 1. The number of amides is 1. The van der Waals surface area contributed by atoms with Crippen LogP contribution >= 0.6 is 0 Å². The van der Waals surface area contributed by atoms with Crippen LogP contribution in [0.3, 0.4) is 0 Å². The Morgan fingerprint density at radius 2 is 1.95 bits per heavy atom. The predicted molar refractivity (Wildman–Crippen MR) is 85.6 cm³/mol. The van der Waals surface area contributed by atoms with Crippen LogP contribution in [0.25, 0.3) is 10.9 Å². The summed E-state index contributed by atoms with van der Waals surface area (Å²) >= 11 is 0. The molecule has 0 unspecified atom stereocenters. The largest absolute Gasteiger partial charge is 0.342 e. The van der Waals surface area contributed by atoms with Crippen molar-refractivity contribution in [3.63, 3.8) is 0 Å². The first-order valence-electron chi connectivity index (χ1n) is 7.54. The molecule has 1 aromatic heterocycles. The second kappa shape index (κ2) is 6.13. The Bertz CT molecular complexity index is 769. The van der Waals surface area contributed by atoms with Crippen molar-refractivity contribution >= 4 is 16.8 Å². The highest BCUT2D eigenvalue weighted by molar-refractivity contribution is 5.77. The lowest BCUT2D eigenvalue weighted by molar-refractivity contribution is -0.131. The molecule has 1 saturated heterocycles. The molecule has 3 rings (SSSR count). The van der Waals surface area contributed by atoms with Gasteiger partial charge >= 0.3 is 0 Å². The van der Waals surface area contributed by atoms with Crippen LogP contribution in [0.1, 0.15) is 19.3 Å². The van der Waals surface area contributed by atoms with E-state index < -0.39 is 0 Å². The Labute approximate surface area is 128 Å². The van der Waals surface area contributed by atoms with E-state index in [1.54, 1.807) is 6.07 Å². The van der Waals surface area contributed by atoms with Crippen LogP contribution in [0.4, 0.5) is 0 Å². The number of aromatic nitrogens is 2. The number of para-hydroxylation sites is 1. The summed E-state index contributed by atoms with van der Waals surface area (Å²) < 4.78 is 1.52. The molecular weight excluding hydrogens is 278 g/mol. The first-order valence-corrected chi connectivity index (χ1v) is 7.54. The molecule has 5 heteroatoms. The first-order chi connectivity index (χ1) is 10.6. The normalized spacial score (nSPS) is 15.3. The van der Waals surface area contributed by atoms with E-state index >= 15 is 0 Å². The standard InChI is InChI=1S/C17H19N3O2/c1-13-6-9-19(10-7-13)16(21)8-11-20-12-18-15-5-3-2-4-14(15)17(20)22/h2-5,12H,1,6-11H2. The third kappa shape index (κ3) is 2.93. The molecule has 22 heavy (non-hydrogen) atoms. The highest BCUT2D eigenvalue weighted by Crippen LogP contribution is 2.14. The molecule has 0 saturated carbocycles. The number of hydrogen-bond donors (Lipinski definition) is 0. The van der Waals surface area contributed by atoms with Crippen LogP contribution in [0.2, 0.25) is 0 Å².